The monoisotopic (exact) mass is 191 g/mol. The van der Waals surface area contributed by atoms with Crippen molar-refractivity contribution in [3.05, 3.63) is 29.6 Å². The van der Waals surface area contributed by atoms with Crippen molar-refractivity contribution in [2.75, 3.05) is 6.61 Å². The van der Waals surface area contributed by atoms with Crippen LogP contribution in [0, 0.1) is 0 Å². The molecular formula is C11H13NO2. The van der Waals surface area contributed by atoms with Crippen LogP contribution in [-0.4, -0.2) is 17.6 Å². The van der Waals surface area contributed by atoms with Crippen molar-refractivity contribution in [2.45, 2.75) is 25.7 Å². The molecule has 1 heterocycles. The zero-order chi connectivity index (χ0) is 9.97. The Hall–Kier alpha value is -1.38. The molecule has 1 aromatic heterocycles. The summed E-state index contributed by atoms with van der Waals surface area (Å²) in [6.45, 7) is 2.27. The van der Waals surface area contributed by atoms with Gasteiger partial charge in [-0.3, -0.25) is 9.78 Å². The molecule has 0 saturated heterocycles. The summed E-state index contributed by atoms with van der Waals surface area (Å²) in [6.07, 6.45) is 3.51. The highest BCUT2D eigenvalue weighted by molar-refractivity contribution is 5.79. The lowest BCUT2D eigenvalue weighted by molar-refractivity contribution is -0.145. The van der Waals surface area contributed by atoms with E-state index in [1.54, 1.807) is 6.20 Å². The van der Waals surface area contributed by atoms with E-state index in [0.29, 0.717) is 6.61 Å². The van der Waals surface area contributed by atoms with Crippen LogP contribution in [0.4, 0.5) is 0 Å². The van der Waals surface area contributed by atoms with Crippen molar-refractivity contribution in [3.63, 3.8) is 0 Å². The normalized spacial score (nSPS) is 19.1. The molecule has 3 nitrogen and oxygen atoms in total. The topological polar surface area (TPSA) is 39.2 Å². The molecule has 0 fully saturated rings. The van der Waals surface area contributed by atoms with Crippen molar-refractivity contribution in [3.8, 4) is 0 Å². The maximum Gasteiger partial charge on any atom is 0.315 e. The van der Waals surface area contributed by atoms with E-state index in [2.05, 4.69) is 4.98 Å². The van der Waals surface area contributed by atoms with E-state index in [0.717, 1.165) is 18.5 Å². The van der Waals surface area contributed by atoms with Gasteiger partial charge in [0.25, 0.3) is 0 Å². The Kier molecular flexibility index (Phi) is 2.48. The Morgan fingerprint density at radius 3 is 3.36 bits per heavy atom. The standard InChI is InChI=1S/C11H13NO2/c1-2-14-11(13)9-6-5-8-4-3-7-12-10(8)9/h3-4,7,9H,2,5-6H2,1H3. The summed E-state index contributed by atoms with van der Waals surface area (Å²) < 4.78 is 5.00. The maximum absolute atomic E-state index is 11.5. The molecule has 0 aliphatic heterocycles. The summed E-state index contributed by atoms with van der Waals surface area (Å²) >= 11 is 0. The van der Waals surface area contributed by atoms with E-state index in [4.69, 9.17) is 4.74 Å². The molecule has 74 valence electrons. The summed E-state index contributed by atoms with van der Waals surface area (Å²) in [7, 11) is 0. The smallest absolute Gasteiger partial charge is 0.315 e. The minimum atomic E-state index is -0.134. The van der Waals surface area contributed by atoms with Crippen LogP contribution < -0.4 is 0 Å². The van der Waals surface area contributed by atoms with Gasteiger partial charge >= 0.3 is 5.97 Å². The molecule has 1 aliphatic rings. The van der Waals surface area contributed by atoms with Crippen molar-refractivity contribution in [1.82, 2.24) is 4.98 Å². The Morgan fingerprint density at radius 1 is 1.71 bits per heavy atom. The van der Waals surface area contributed by atoms with Crippen LogP contribution in [0.25, 0.3) is 0 Å². The van der Waals surface area contributed by atoms with Crippen LogP contribution in [0.3, 0.4) is 0 Å². The fourth-order valence-corrected chi connectivity index (χ4v) is 1.88. The first-order chi connectivity index (χ1) is 6.83. The number of carbonyl (C=O) groups excluding carboxylic acids is 1. The molecule has 2 rings (SSSR count). The quantitative estimate of drug-likeness (QED) is 0.667. The SMILES string of the molecule is CCOC(=O)C1CCc2cccnc21. The number of hydrogen-bond donors (Lipinski definition) is 0. The molecule has 0 spiro atoms. The average molecular weight is 191 g/mol. The molecule has 0 aromatic carbocycles. The number of hydrogen-bond acceptors (Lipinski definition) is 3. The lowest BCUT2D eigenvalue weighted by Crippen LogP contribution is -2.14. The van der Waals surface area contributed by atoms with Crippen molar-refractivity contribution in [2.24, 2.45) is 0 Å². The summed E-state index contributed by atoms with van der Waals surface area (Å²) in [4.78, 5) is 15.8. The fourth-order valence-electron chi connectivity index (χ4n) is 1.88. The van der Waals surface area contributed by atoms with Crippen LogP contribution in [-0.2, 0) is 16.0 Å². The van der Waals surface area contributed by atoms with Crippen LogP contribution >= 0.6 is 0 Å². The van der Waals surface area contributed by atoms with Crippen molar-refractivity contribution >= 4 is 5.97 Å². The first kappa shape index (κ1) is 9.19. The highest BCUT2D eigenvalue weighted by Crippen LogP contribution is 2.31. The Morgan fingerprint density at radius 2 is 2.57 bits per heavy atom. The number of carbonyl (C=O) groups is 1. The van der Waals surface area contributed by atoms with Gasteiger partial charge in [-0.1, -0.05) is 6.07 Å². The molecule has 0 saturated carbocycles. The summed E-state index contributed by atoms with van der Waals surface area (Å²) in [5, 5.41) is 0. The third kappa shape index (κ3) is 1.50. The van der Waals surface area contributed by atoms with Gasteiger partial charge in [0.2, 0.25) is 0 Å². The predicted molar refractivity (Wildman–Crippen MR) is 51.9 cm³/mol. The van der Waals surface area contributed by atoms with E-state index in [1.165, 1.54) is 5.56 Å². The van der Waals surface area contributed by atoms with Crippen LogP contribution in [0.15, 0.2) is 18.3 Å². The van der Waals surface area contributed by atoms with Gasteiger partial charge < -0.3 is 4.74 Å². The maximum atomic E-state index is 11.5. The molecular weight excluding hydrogens is 178 g/mol. The molecule has 1 aliphatic carbocycles. The van der Waals surface area contributed by atoms with Crippen LogP contribution in [0.5, 0.6) is 0 Å². The fraction of sp³-hybridized carbons (Fsp3) is 0.455. The largest absolute Gasteiger partial charge is 0.465 e. The lowest BCUT2D eigenvalue weighted by Gasteiger charge is -2.08. The number of aromatic nitrogens is 1. The zero-order valence-electron chi connectivity index (χ0n) is 8.19. The summed E-state index contributed by atoms with van der Waals surface area (Å²) in [5.41, 5.74) is 2.09. The molecule has 1 aromatic rings. The third-order valence-electron chi connectivity index (χ3n) is 2.53. The van der Waals surface area contributed by atoms with Gasteiger partial charge in [-0.15, -0.1) is 0 Å². The second kappa shape index (κ2) is 3.78. The number of esters is 1. The molecule has 0 radical (unpaired) electrons. The number of aryl methyl sites for hydroxylation is 1. The minimum absolute atomic E-state index is 0.133. The van der Waals surface area contributed by atoms with Gasteiger partial charge in [-0.2, -0.15) is 0 Å². The zero-order valence-corrected chi connectivity index (χ0v) is 8.19. The minimum Gasteiger partial charge on any atom is -0.465 e. The Balaban J connectivity index is 2.21. The highest BCUT2D eigenvalue weighted by atomic mass is 16.5. The summed E-state index contributed by atoms with van der Waals surface area (Å²) in [5.74, 6) is -0.267. The lowest BCUT2D eigenvalue weighted by atomic mass is 10.1. The molecule has 1 unspecified atom stereocenters. The van der Waals surface area contributed by atoms with Crippen LogP contribution in [0.1, 0.15) is 30.5 Å². The van der Waals surface area contributed by atoms with E-state index >= 15 is 0 Å². The Bertz CT molecular complexity index is 349. The van der Waals surface area contributed by atoms with E-state index in [1.807, 2.05) is 19.1 Å². The van der Waals surface area contributed by atoms with Crippen LogP contribution in [0.2, 0.25) is 0 Å². The third-order valence-corrected chi connectivity index (χ3v) is 2.53. The van der Waals surface area contributed by atoms with Gasteiger partial charge in [0.15, 0.2) is 0 Å². The molecule has 0 amide bonds. The number of pyridine rings is 1. The molecule has 1 atom stereocenters. The van der Waals surface area contributed by atoms with E-state index in [-0.39, 0.29) is 11.9 Å². The average Bonchev–Trinajstić information content (AvgIpc) is 2.61. The van der Waals surface area contributed by atoms with Gasteiger partial charge in [0, 0.05) is 6.20 Å². The van der Waals surface area contributed by atoms with Crippen molar-refractivity contribution in [1.29, 1.82) is 0 Å². The van der Waals surface area contributed by atoms with Gasteiger partial charge in [0.1, 0.15) is 0 Å². The van der Waals surface area contributed by atoms with E-state index in [9.17, 15) is 4.79 Å². The second-order valence-electron chi connectivity index (χ2n) is 3.39. The summed E-state index contributed by atoms with van der Waals surface area (Å²) in [6, 6.07) is 3.94. The second-order valence-corrected chi connectivity index (χ2v) is 3.39. The number of rotatable bonds is 2. The molecule has 0 bridgehead atoms. The Labute approximate surface area is 83.1 Å². The highest BCUT2D eigenvalue weighted by Gasteiger charge is 2.30. The molecule has 0 N–H and O–H groups in total. The molecule has 3 heteroatoms. The van der Waals surface area contributed by atoms with Gasteiger partial charge in [-0.05, 0) is 31.4 Å². The first-order valence-corrected chi connectivity index (χ1v) is 4.93. The van der Waals surface area contributed by atoms with Gasteiger partial charge in [0.05, 0.1) is 18.2 Å². The molecule has 14 heavy (non-hydrogen) atoms. The predicted octanol–water partition coefficient (Wildman–Crippen LogP) is 1.67. The number of ether oxygens (including phenoxy) is 1. The van der Waals surface area contributed by atoms with Gasteiger partial charge in [-0.25, -0.2) is 0 Å². The number of fused-ring (bicyclic) bond motifs is 1. The van der Waals surface area contributed by atoms with E-state index < -0.39 is 0 Å². The number of nitrogens with zero attached hydrogens (tertiary/aromatic N) is 1. The van der Waals surface area contributed by atoms with Crippen molar-refractivity contribution < 1.29 is 9.53 Å². The first-order valence-electron chi connectivity index (χ1n) is 4.93.